The van der Waals surface area contributed by atoms with Gasteiger partial charge in [0.2, 0.25) is 0 Å². The quantitative estimate of drug-likeness (QED) is 0.749. The van der Waals surface area contributed by atoms with Gasteiger partial charge >= 0.3 is 0 Å². The predicted molar refractivity (Wildman–Crippen MR) is 98.5 cm³/mol. The van der Waals surface area contributed by atoms with Crippen molar-refractivity contribution in [3.05, 3.63) is 63.6 Å². The van der Waals surface area contributed by atoms with Crippen LogP contribution < -0.4 is 5.32 Å². The normalized spacial score (nSPS) is 15.0. The number of carbonyl (C=O) groups excluding carboxylic acids is 1. The highest BCUT2D eigenvalue weighted by molar-refractivity contribution is 8.19. The monoisotopic (exact) mass is 369 g/mol. The van der Waals surface area contributed by atoms with Crippen LogP contribution in [0.4, 0.5) is 5.69 Å². The molecule has 0 aromatic heterocycles. The zero-order valence-corrected chi connectivity index (χ0v) is 14.7. The van der Waals surface area contributed by atoms with Crippen LogP contribution in [0.5, 0.6) is 0 Å². The van der Waals surface area contributed by atoms with Gasteiger partial charge in [0, 0.05) is 22.8 Å². The minimum Gasteiger partial charge on any atom is -0.322 e. The highest BCUT2D eigenvalue weighted by Gasteiger charge is 2.18. The van der Waals surface area contributed by atoms with Gasteiger partial charge in [0.25, 0.3) is 5.91 Å². The molecule has 2 aromatic rings. The molecule has 0 saturated carbocycles. The standard InChI is InChI=1S/C16H13Cl2NOS2/c17-13-6-5-12(9-14(13)18)19-15(20)10-1-3-11(4-2-10)16-21-7-8-22-16/h1-6,9,16H,7-8H2,(H,19,20). The lowest BCUT2D eigenvalue weighted by Crippen LogP contribution is -2.11. The fourth-order valence-corrected chi connectivity index (χ4v) is 5.28. The van der Waals surface area contributed by atoms with E-state index in [9.17, 15) is 4.79 Å². The zero-order chi connectivity index (χ0) is 15.5. The largest absolute Gasteiger partial charge is 0.322 e. The van der Waals surface area contributed by atoms with E-state index in [0.29, 0.717) is 25.9 Å². The SMILES string of the molecule is O=C(Nc1ccc(Cl)c(Cl)c1)c1ccc(C2SCCS2)cc1. The lowest BCUT2D eigenvalue weighted by atomic mass is 10.1. The van der Waals surface area contributed by atoms with Crippen LogP contribution in [0.25, 0.3) is 0 Å². The van der Waals surface area contributed by atoms with E-state index in [1.54, 1.807) is 18.2 Å². The lowest BCUT2D eigenvalue weighted by Gasteiger charge is -2.10. The van der Waals surface area contributed by atoms with Crippen LogP contribution in [0.3, 0.4) is 0 Å². The van der Waals surface area contributed by atoms with Crippen LogP contribution >= 0.6 is 46.7 Å². The maximum absolute atomic E-state index is 12.2. The summed E-state index contributed by atoms with van der Waals surface area (Å²) in [6.45, 7) is 0. The summed E-state index contributed by atoms with van der Waals surface area (Å²) in [4.78, 5) is 12.2. The molecule has 0 atom stereocenters. The van der Waals surface area contributed by atoms with Crippen molar-refractivity contribution in [2.75, 3.05) is 16.8 Å². The number of carbonyl (C=O) groups is 1. The summed E-state index contributed by atoms with van der Waals surface area (Å²) < 4.78 is 0.493. The first-order chi connectivity index (χ1) is 10.6. The first-order valence-electron chi connectivity index (χ1n) is 6.73. The van der Waals surface area contributed by atoms with Crippen molar-refractivity contribution in [2.45, 2.75) is 4.58 Å². The molecule has 2 aromatic carbocycles. The molecule has 1 fully saturated rings. The first-order valence-corrected chi connectivity index (χ1v) is 9.58. The zero-order valence-electron chi connectivity index (χ0n) is 11.5. The van der Waals surface area contributed by atoms with Crippen LogP contribution in [0.15, 0.2) is 42.5 Å². The third kappa shape index (κ3) is 3.74. The topological polar surface area (TPSA) is 29.1 Å². The molecule has 1 amide bonds. The second-order valence-corrected chi connectivity index (χ2v) is 8.32. The molecule has 0 unspecified atom stereocenters. The molecule has 1 aliphatic heterocycles. The van der Waals surface area contributed by atoms with E-state index < -0.39 is 0 Å². The molecule has 6 heteroatoms. The number of thioether (sulfide) groups is 2. The van der Waals surface area contributed by atoms with Gasteiger partial charge in [-0.2, -0.15) is 0 Å². The molecule has 22 heavy (non-hydrogen) atoms. The summed E-state index contributed by atoms with van der Waals surface area (Å²) in [7, 11) is 0. The summed E-state index contributed by atoms with van der Waals surface area (Å²) in [5.74, 6) is 2.22. The number of anilines is 1. The van der Waals surface area contributed by atoms with Crippen molar-refractivity contribution < 1.29 is 4.79 Å². The third-order valence-corrected chi connectivity index (χ3v) is 7.09. The van der Waals surface area contributed by atoms with Gasteiger partial charge in [0.15, 0.2) is 0 Å². The molecule has 1 heterocycles. The van der Waals surface area contributed by atoms with Gasteiger partial charge in [-0.1, -0.05) is 35.3 Å². The van der Waals surface area contributed by atoms with Crippen LogP contribution in [0, 0.1) is 0 Å². The van der Waals surface area contributed by atoms with E-state index >= 15 is 0 Å². The minimum atomic E-state index is -0.156. The Morgan fingerprint density at radius 1 is 1.00 bits per heavy atom. The Bertz CT molecular complexity index is 685. The Kier molecular flexibility index (Phi) is 5.24. The van der Waals surface area contributed by atoms with Crippen LogP contribution in [0.1, 0.15) is 20.5 Å². The van der Waals surface area contributed by atoms with Crippen molar-refractivity contribution in [2.24, 2.45) is 0 Å². The Morgan fingerprint density at radius 3 is 2.32 bits per heavy atom. The Labute approximate surface area is 148 Å². The number of rotatable bonds is 3. The molecule has 114 valence electrons. The van der Waals surface area contributed by atoms with E-state index in [4.69, 9.17) is 23.2 Å². The van der Waals surface area contributed by atoms with Gasteiger partial charge < -0.3 is 5.32 Å². The van der Waals surface area contributed by atoms with Gasteiger partial charge in [0.05, 0.1) is 14.6 Å². The number of nitrogens with one attached hydrogen (secondary N) is 1. The van der Waals surface area contributed by atoms with Crippen LogP contribution in [0.2, 0.25) is 10.0 Å². The fraction of sp³-hybridized carbons (Fsp3) is 0.188. The second kappa shape index (κ2) is 7.18. The molecular formula is C16H13Cl2NOS2. The summed E-state index contributed by atoms with van der Waals surface area (Å²) in [5, 5.41) is 3.71. The molecule has 0 radical (unpaired) electrons. The minimum absolute atomic E-state index is 0.156. The number of hydrogen-bond donors (Lipinski definition) is 1. The Hall–Kier alpha value is -0.810. The summed E-state index contributed by atoms with van der Waals surface area (Å²) in [6, 6.07) is 12.8. The van der Waals surface area contributed by atoms with Crippen molar-refractivity contribution in [3.63, 3.8) is 0 Å². The number of benzene rings is 2. The van der Waals surface area contributed by atoms with Crippen molar-refractivity contribution in [1.82, 2.24) is 0 Å². The van der Waals surface area contributed by atoms with Crippen molar-refractivity contribution >= 4 is 58.3 Å². The third-order valence-electron chi connectivity index (χ3n) is 3.24. The summed E-state index contributed by atoms with van der Waals surface area (Å²) in [5.41, 5.74) is 2.52. The Morgan fingerprint density at radius 2 is 1.68 bits per heavy atom. The number of amides is 1. The Balaban J connectivity index is 1.70. The van der Waals surface area contributed by atoms with Crippen molar-refractivity contribution in [1.29, 1.82) is 0 Å². The summed E-state index contributed by atoms with van der Waals surface area (Å²) in [6.07, 6.45) is 0. The number of halogens is 2. The second-order valence-electron chi connectivity index (χ2n) is 4.78. The van der Waals surface area contributed by atoms with Gasteiger partial charge in [-0.3, -0.25) is 4.79 Å². The molecule has 0 bridgehead atoms. The van der Waals surface area contributed by atoms with Crippen LogP contribution in [-0.2, 0) is 0 Å². The molecule has 0 aliphatic carbocycles. The van der Waals surface area contributed by atoms with Crippen molar-refractivity contribution in [3.8, 4) is 0 Å². The maximum Gasteiger partial charge on any atom is 0.255 e. The molecule has 1 N–H and O–H groups in total. The molecule has 1 saturated heterocycles. The van der Waals surface area contributed by atoms with Gasteiger partial charge in [-0.15, -0.1) is 23.5 Å². The highest BCUT2D eigenvalue weighted by Crippen LogP contribution is 2.45. The van der Waals surface area contributed by atoms with E-state index in [2.05, 4.69) is 5.32 Å². The average Bonchev–Trinajstić information content (AvgIpc) is 3.05. The first kappa shape index (κ1) is 16.1. The van der Waals surface area contributed by atoms with Gasteiger partial charge in [0.1, 0.15) is 0 Å². The molecule has 0 spiro atoms. The highest BCUT2D eigenvalue weighted by atomic mass is 35.5. The van der Waals surface area contributed by atoms with Gasteiger partial charge in [-0.25, -0.2) is 0 Å². The van der Waals surface area contributed by atoms with Gasteiger partial charge in [-0.05, 0) is 35.9 Å². The smallest absolute Gasteiger partial charge is 0.255 e. The van der Waals surface area contributed by atoms with E-state index in [1.807, 2.05) is 47.8 Å². The maximum atomic E-state index is 12.2. The van der Waals surface area contributed by atoms with E-state index in [0.717, 1.165) is 0 Å². The molecule has 3 rings (SSSR count). The lowest BCUT2D eigenvalue weighted by molar-refractivity contribution is 0.102. The van der Waals surface area contributed by atoms with E-state index in [1.165, 1.54) is 17.1 Å². The molecule has 2 nitrogen and oxygen atoms in total. The van der Waals surface area contributed by atoms with Crippen LogP contribution in [-0.4, -0.2) is 17.4 Å². The molecule has 1 aliphatic rings. The fourth-order valence-electron chi connectivity index (χ4n) is 2.12. The number of hydrogen-bond acceptors (Lipinski definition) is 3. The van der Waals surface area contributed by atoms with E-state index in [-0.39, 0.29) is 5.91 Å². The average molecular weight is 370 g/mol. The summed E-state index contributed by atoms with van der Waals surface area (Å²) >= 11 is 15.7. The predicted octanol–water partition coefficient (Wildman–Crippen LogP) is 5.72. The molecular weight excluding hydrogens is 357 g/mol.